The molecule has 0 bridgehead atoms. The predicted octanol–water partition coefficient (Wildman–Crippen LogP) is 9.83. The fourth-order valence-electron chi connectivity index (χ4n) is 16.8. The van der Waals surface area contributed by atoms with Gasteiger partial charge in [0.15, 0.2) is 0 Å². The lowest BCUT2D eigenvalue weighted by Gasteiger charge is -2.49. The number of rotatable bonds is 2. The third kappa shape index (κ3) is 5.59. The summed E-state index contributed by atoms with van der Waals surface area (Å²) < 4.78 is 16.6. The third-order valence-corrected chi connectivity index (χ3v) is 21.1. The van der Waals surface area contributed by atoms with Gasteiger partial charge in [-0.2, -0.15) is 10.5 Å². The van der Waals surface area contributed by atoms with E-state index in [0.29, 0.717) is 22.6 Å². The van der Waals surface area contributed by atoms with Crippen molar-refractivity contribution in [2.24, 2.45) is 0 Å². The number of thiophene rings is 1. The molecule has 8 aliphatic heterocycles. The molecule has 0 aliphatic carbocycles. The van der Waals surface area contributed by atoms with Crippen molar-refractivity contribution >= 4 is 192 Å². The molecule has 13 aromatic rings. The molecule has 8 nitrogen and oxygen atoms in total. The lowest BCUT2D eigenvalue weighted by atomic mass is 9.29. The van der Waals surface area contributed by atoms with Crippen molar-refractivity contribution in [1.29, 1.82) is 10.5 Å². The van der Waals surface area contributed by atoms with Crippen LogP contribution < -0.4 is 94.6 Å². The Hall–Kier alpha value is -11.1. The van der Waals surface area contributed by atoms with E-state index in [1.807, 2.05) is 24.3 Å². The first-order valence-corrected chi connectivity index (χ1v) is 30.5. The molecule has 0 radical (unpaired) electrons. The SMILES string of the molecule is N#Cc1c2c3c4c5c1N(c1ccccc1)c1cc6sc7cc8c(cc7c6cc1B5c1ccccc1N4c1ccccc1B3c1ccccc1O2)B1c2ccccc2N2c3ccccc3B3c4ccccc4Oc4c(C#N)c(c1c2c43)N8c1ccccc1. The fraction of sp³-hybridized carbons (Fsp3) is 0. The standard InChI is InChI=1S/C74H38B4N6O2S/c79-39-45-69-65-71-67-73(45)85-61-33-17-11-27-51(61)75(67)47-23-7-13-29-55(47)83(71)57-31-15-9-25-49(57)77(65)53-35-43-44-36-54-60(38-64(44)87-63(43)37-59(53)81(69)41-19-3-1-4-20-41)82(42-21-5-2-6-22-42)70-46(40-80)74-68-72-66(70)78(54)50-26-10-16-32-58(50)84(72)56-30-14-8-24-48(56)76(68)52-28-12-18-34-62(52)86-74/h1-38H. The maximum atomic E-state index is 11.9. The van der Waals surface area contributed by atoms with Crippen LogP contribution in [0.1, 0.15) is 11.1 Å². The zero-order valence-corrected chi connectivity index (χ0v) is 47.0. The van der Waals surface area contributed by atoms with E-state index in [-0.39, 0.29) is 26.9 Å². The van der Waals surface area contributed by atoms with Gasteiger partial charge in [0.05, 0.1) is 11.4 Å². The first kappa shape index (κ1) is 46.3. The van der Waals surface area contributed by atoms with Crippen LogP contribution in [0.5, 0.6) is 23.0 Å². The quantitative estimate of drug-likeness (QED) is 0.159. The Labute approximate surface area is 505 Å². The maximum absolute atomic E-state index is 11.9. The Kier molecular flexibility index (Phi) is 8.73. The Morgan fingerprint density at radius 3 is 1.02 bits per heavy atom. The van der Waals surface area contributed by atoms with Gasteiger partial charge >= 0.3 is 0 Å². The minimum Gasteiger partial charge on any atom is -0.457 e. The van der Waals surface area contributed by atoms with Crippen LogP contribution in [-0.4, -0.2) is 26.9 Å². The second-order valence-corrected chi connectivity index (χ2v) is 24.9. The Bertz CT molecular complexity index is 5150. The van der Waals surface area contributed by atoms with Gasteiger partial charge < -0.3 is 29.1 Å². The van der Waals surface area contributed by atoms with Crippen LogP contribution in [0.4, 0.5) is 68.2 Å². The van der Waals surface area contributed by atoms with Gasteiger partial charge in [-0.3, -0.25) is 0 Å². The van der Waals surface area contributed by atoms with E-state index < -0.39 is 0 Å². The normalized spacial score (nSPS) is 14.4. The monoisotopic (exact) mass is 1120 g/mol. The van der Waals surface area contributed by atoms with Gasteiger partial charge in [0, 0.05) is 66.3 Å². The highest BCUT2D eigenvalue weighted by Crippen LogP contribution is 2.54. The molecule has 8 aliphatic rings. The molecule has 12 aromatic carbocycles. The van der Waals surface area contributed by atoms with Crippen LogP contribution in [0.3, 0.4) is 0 Å². The third-order valence-electron chi connectivity index (χ3n) is 20.0. The van der Waals surface area contributed by atoms with Crippen LogP contribution in [-0.2, 0) is 0 Å². The molecule has 0 atom stereocenters. The van der Waals surface area contributed by atoms with Crippen molar-refractivity contribution < 1.29 is 9.47 Å². The number of benzene rings is 12. The van der Waals surface area contributed by atoms with Gasteiger partial charge in [0.25, 0.3) is 26.9 Å². The number of nitrogens with zero attached hydrogens (tertiary/aromatic N) is 6. The van der Waals surface area contributed by atoms with Crippen LogP contribution >= 0.6 is 11.3 Å². The van der Waals surface area contributed by atoms with E-state index in [4.69, 9.17) is 9.47 Å². The van der Waals surface area contributed by atoms with E-state index in [2.05, 4.69) is 238 Å². The highest BCUT2D eigenvalue weighted by atomic mass is 32.1. The summed E-state index contributed by atoms with van der Waals surface area (Å²) in [4.78, 5) is 9.66. The molecule has 21 rings (SSSR count). The van der Waals surface area contributed by atoms with E-state index in [1.165, 1.54) is 43.5 Å². The van der Waals surface area contributed by atoms with E-state index in [0.717, 1.165) is 122 Å². The predicted molar refractivity (Wildman–Crippen MR) is 359 cm³/mol. The molecule has 0 amide bonds. The molecule has 0 N–H and O–H groups in total. The summed E-state index contributed by atoms with van der Waals surface area (Å²) in [5, 5.41) is 26.2. The molecule has 0 fully saturated rings. The summed E-state index contributed by atoms with van der Waals surface area (Å²) in [5.41, 5.74) is 26.9. The Balaban J connectivity index is 0.870. The molecule has 87 heavy (non-hydrogen) atoms. The molecule has 0 unspecified atom stereocenters. The van der Waals surface area contributed by atoms with E-state index >= 15 is 0 Å². The fourth-order valence-corrected chi connectivity index (χ4v) is 18.0. The van der Waals surface area contributed by atoms with Crippen molar-refractivity contribution in [2.45, 2.75) is 0 Å². The van der Waals surface area contributed by atoms with Gasteiger partial charge in [-0.25, -0.2) is 0 Å². The number of ether oxygens (including phenoxy) is 2. The van der Waals surface area contributed by atoms with Crippen LogP contribution in [0.15, 0.2) is 231 Å². The largest absolute Gasteiger partial charge is 0.457 e. The van der Waals surface area contributed by atoms with Gasteiger partial charge in [-0.15, -0.1) is 11.3 Å². The summed E-state index contributed by atoms with van der Waals surface area (Å²) >= 11 is 1.79. The summed E-state index contributed by atoms with van der Waals surface area (Å²) in [7, 11) is 0. The molecule has 0 spiro atoms. The van der Waals surface area contributed by atoms with Crippen LogP contribution in [0.25, 0.3) is 20.2 Å². The van der Waals surface area contributed by atoms with Crippen molar-refractivity contribution in [3.63, 3.8) is 0 Å². The highest BCUT2D eigenvalue weighted by molar-refractivity contribution is 7.26. The average Bonchev–Trinajstić information content (AvgIpc) is 0.969. The zero-order chi connectivity index (χ0) is 56.7. The summed E-state index contributed by atoms with van der Waals surface area (Å²) in [6.07, 6.45) is 0. The topological polar surface area (TPSA) is 79.0 Å². The molecular weight excluding hydrogens is 1080 g/mol. The van der Waals surface area contributed by atoms with Gasteiger partial charge in [0.1, 0.15) is 46.3 Å². The number of fused-ring (bicyclic) bond motifs is 23. The average molecular weight is 1120 g/mol. The lowest BCUT2D eigenvalue weighted by molar-refractivity contribution is 0.486. The molecule has 394 valence electrons. The number of anilines is 12. The zero-order valence-electron chi connectivity index (χ0n) is 46.2. The minimum absolute atomic E-state index is 0.164. The van der Waals surface area contributed by atoms with Gasteiger partial charge in [0.2, 0.25) is 0 Å². The Morgan fingerprint density at radius 2 is 0.644 bits per heavy atom. The smallest absolute Gasteiger partial charge is 0.256 e. The molecule has 1 aromatic heterocycles. The van der Waals surface area contributed by atoms with Crippen molar-refractivity contribution in [3.8, 4) is 35.1 Å². The summed E-state index contributed by atoms with van der Waals surface area (Å²) in [5.74, 6) is 2.77. The Morgan fingerprint density at radius 1 is 0.310 bits per heavy atom. The second-order valence-electron chi connectivity index (χ2n) is 23.9. The van der Waals surface area contributed by atoms with E-state index in [1.54, 1.807) is 11.3 Å². The van der Waals surface area contributed by atoms with Crippen molar-refractivity contribution in [3.05, 3.63) is 242 Å². The van der Waals surface area contributed by atoms with E-state index in [9.17, 15) is 10.5 Å². The minimum atomic E-state index is -0.252. The number of hydrogen-bond donors (Lipinski definition) is 0. The number of para-hydroxylation sites is 8. The lowest BCUT2D eigenvalue weighted by Crippen LogP contribution is -2.68. The molecular formula is C74H38B4N6O2S. The number of hydrogen-bond acceptors (Lipinski definition) is 9. The first-order chi connectivity index (χ1) is 43.1. The van der Waals surface area contributed by atoms with Crippen LogP contribution in [0.2, 0.25) is 0 Å². The number of nitriles is 2. The highest BCUT2D eigenvalue weighted by Gasteiger charge is 2.55. The molecule has 13 heteroatoms. The maximum Gasteiger partial charge on any atom is 0.256 e. The first-order valence-electron chi connectivity index (χ1n) is 29.7. The molecule has 9 heterocycles. The van der Waals surface area contributed by atoms with Crippen LogP contribution in [0, 0.1) is 22.7 Å². The molecule has 0 saturated carbocycles. The molecule has 0 saturated heterocycles. The summed E-state index contributed by atoms with van der Waals surface area (Å²) in [6.45, 7) is -0.832. The second kappa shape index (κ2) is 16.4. The van der Waals surface area contributed by atoms with Crippen molar-refractivity contribution in [1.82, 2.24) is 0 Å². The van der Waals surface area contributed by atoms with Gasteiger partial charge in [-0.1, -0.05) is 158 Å². The van der Waals surface area contributed by atoms with Crippen molar-refractivity contribution in [2.75, 3.05) is 19.6 Å². The summed E-state index contributed by atoms with van der Waals surface area (Å²) in [6, 6.07) is 88.8. The van der Waals surface area contributed by atoms with Gasteiger partial charge in [-0.05, 0) is 149 Å².